The number of aryl methyl sites for hydroxylation is 1. The van der Waals surface area contributed by atoms with Crippen LogP contribution < -0.4 is 10.9 Å². The standard InChI is InChI=1S/C22H21N7O2/c1-15-13-26-21(25-10-8-17-5-3-4-9-24-17)22(31)29(15)28-14-27-18-11-16(6-7-19(18)28)12-20(30)23-2/h3-7,9,11,13-14H,2,8,10,12H2,1H3,(H,25,26). The predicted octanol–water partition coefficient (Wildman–Crippen LogP) is 2.03. The van der Waals surface area contributed by atoms with Gasteiger partial charge < -0.3 is 5.32 Å². The number of benzene rings is 1. The number of nitrogens with one attached hydrogen (secondary N) is 1. The average Bonchev–Trinajstić information content (AvgIpc) is 3.19. The zero-order valence-corrected chi connectivity index (χ0v) is 17.0. The van der Waals surface area contributed by atoms with E-state index in [9.17, 15) is 9.59 Å². The summed E-state index contributed by atoms with van der Waals surface area (Å²) in [5.41, 5.74) is 3.50. The summed E-state index contributed by atoms with van der Waals surface area (Å²) in [5.74, 6) is -0.0518. The van der Waals surface area contributed by atoms with Crippen LogP contribution in [-0.2, 0) is 17.6 Å². The molecule has 9 heteroatoms. The molecule has 156 valence electrons. The molecule has 0 aliphatic carbocycles. The third-order valence-corrected chi connectivity index (χ3v) is 4.85. The van der Waals surface area contributed by atoms with Gasteiger partial charge in [-0.3, -0.25) is 14.6 Å². The molecule has 1 N–H and O–H groups in total. The Labute approximate surface area is 178 Å². The van der Waals surface area contributed by atoms with Crippen LogP contribution in [0.15, 0.2) is 64.9 Å². The van der Waals surface area contributed by atoms with E-state index in [4.69, 9.17) is 0 Å². The Morgan fingerprint density at radius 3 is 2.84 bits per heavy atom. The number of carbonyl (C=O) groups is 1. The highest BCUT2D eigenvalue weighted by atomic mass is 16.1. The van der Waals surface area contributed by atoms with Crippen molar-refractivity contribution in [1.82, 2.24) is 24.3 Å². The van der Waals surface area contributed by atoms with E-state index >= 15 is 0 Å². The molecule has 0 aliphatic heterocycles. The number of anilines is 1. The molecule has 31 heavy (non-hydrogen) atoms. The number of carbonyl (C=O) groups excluding carboxylic acids is 1. The Balaban J connectivity index is 1.62. The second-order valence-corrected chi connectivity index (χ2v) is 7.00. The Kier molecular flexibility index (Phi) is 5.65. The molecule has 1 amide bonds. The average molecular weight is 415 g/mol. The second kappa shape index (κ2) is 8.70. The van der Waals surface area contributed by atoms with Crippen LogP contribution in [0.5, 0.6) is 0 Å². The van der Waals surface area contributed by atoms with Crippen LogP contribution >= 0.6 is 0 Å². The van der Waals surface area contributed by atoms with Crippen LogP contribution in [-0.4, -0.2) is 43.5 Å². The molecule has 3 heterocycles. The first-order valence-corrected chi connectivity index (χ1v) is 9.75. The van der Waals surface area contributed by atoms with Gasteiger partial charge >= 0.3 is 5.56 Å². The molecule has 0 radical (unpaired) electrons. The minimum atomic E-state index is -0.304. The number of nitrogens with zero attached hydrogens (tertiary/aromatic N) is 6. The monoisotopic (exact) mass is 415 g/mol. The summed E-state index contributed by atoms with van der Waals surface area (Å²) in [5, 5.41) is 3.10. The summed E-state index contributed by atoms with van der Waals surface area (Å²) in [6.45, 7) is 5.59. The van der Waals surface area contributed by atoms with Gasteiger partial charge in [-0.25, -0.2) is 24.3 Å². The molecular weight excluding hydrogens is 394 g/mol. The third-order valence-electron chi connectivity index (χ3n) is 4.85. The van der Waals surface area contributed by atoms with Crippen molar-refractivity contribution in [3.63, 3.8) is 0 Å². The quantitative estimate of drug-likeness (QED) is 0.463. The fraction of sp³-hybridized carbons (Fsp3) is 0.182. The lowest BCUT2D eigenvalue weighted by Gasteiger charge is -2.14. The minimum absolute atomic E-state index is 0.158. The smallest absolute Gasteiger partial charge is 0.312 e. The zero-order valence-electron chi connectivity index (χ0n) is 17.0. The van der Waals surface area contributed by atoms with Crippen molar-refractivity contribution in [2.45, 2.75) is 19.8 Å². The van der Waals surface area contributed by atoms with Crippen molar-refractivity contribution in [2.75, 3.05) is 11.9 Å². The second-order valence-electron chi connectivity index (χ2n) is 7.00. The van der Waals surface area contributed by atoms with Crippen LogP contribution in [0.4, 0.5) is 5.82 Å². The van der Waals surface area contributed by atoms with Gasteiger partial charge in [-0.1, -0.05) is 12.1 Å². The number of aromatic nitrogens is 5. The molecule has 0 aliphatic rings. The molecule has 0 fully saturated rings. The van der Waals surface area contributed by atoms with Crippen molar-refractivity contribution in [3.8, 4) is 0 Å². The number of rotatable bonds is 7. The molecule has 0 atom stereocenters. The zero-order chi connectivity index (χ0) is 21.8. The SMILES string of the molecule is C=NC(=O)Cc1ccc2c(c1)ncn2-n1c(C)cnc(NCCc2ccccn2)c1=O. The molecule has 0 saturated carbocycles. The maximum Gasteiger partial charge on any atom is 0.312 e. The lowest BCUT2D eigenvalue weighted by atomic mass is 10.1. The van der Waals surface area contributed by atoms with E-state index in [0.29, 0.717) is 24.2 Å². The lowest BCUT2D eigenvalue weighted by molar-refractivity contribution is -0.117. The van der Waals surface area contributed by atoms with Crippen LogP contribution in [0.25, 0.3) is 11.0 Å². The maximum absolute atomic E-state index is 13.1. The Hall–Kier alpha value is -4.14. The Morgan fingerprint density at radius 2 is 2.06 bits per heavy atom. The topological polar surface area (TPSA) is 107 Å². The predicted molar refractivity (Wildman–Crippen MR) is 118 cm³/mol. The summed E-state index contributed by atoms with van der Waals surface area (Å²) in [6, 6.07) is 11.2. The van der Waals surface area contributed by atoms with Gasteiger partial charge in [0.2, 0.25) is 5.91 Å². The summed E-state index contributed by atoms with van der Waals surface area (Å²) < 4.78 is 3.19. The lowest BCUT2D eigenvalue weighted by Crippen LogP contribution is -2.31. The third kappa shape index (κ3) is 4.25. The number of amides is 1. The van der Waals surface area contributed by atoms with Gasteiger partial charge in [-0.2, -0.15) is 0 Å². The molecule has 0 bridgehead atoms. The largest absolute Gasteiger partial charge is 0.365 e. The Bertz CT molecular complexity index is 1310. The number of aliphatic imine (C=N–C) groups is 1. The summed E-state index contributed by atoms with van der Waals surface area (Å²) in [4.78, 5) is 41.0. The van der Waals surface area contributed by atoms with E-state index in [-0.39, 0.29) is 23.7 Å². The van der Waals surface area contributed by atoms with Crippen LogP contribution in [0.3, 0.4) is 0 Å². The molecule has 3 aromatic heterocycles. The summed E-state index contributed by atoms with van der Waals surface area (Å²) in [6.07, 6.45) is 5.79. The van der Waals surface area contributed by atoms with E-state index in [1.807, 2.05) is 36.4 Å². The molecule has 1 aromatic carbocycles. The number of imidazole rings is 1. The van der Waals surface area contributed by atoms with E-state index in [0.717, 1.165) is 16.8 Å². The van der Waals surface area contributed by atoms with Gasteiger partial charge in [0.1, 0.15) is 6.33 Å². The van der Waals surface area contributed by atoms with Gasteiger partial charge in [0.15, 0.2) is 5.82 Å². The first-order chi connectivity index (χ1) is 15.1. The number of pyridine rings is 1. The van der Waals surface area contributed by atoms with Crippen molar-refractivity contribution < 1.29 is 4.79 Å². The molecule has 0 spiro atoms. The number of fused-ring (bicyclic) bond motifs is 1. The molecule has 0 saturated heterocycles. The molecular formula is C22H21N7O2. The van der Waals surface area contributed by atoms with E-state index < -0.39 is 0 Å². The fourth-order valence-corrected chi connectivity index (χ4v) is 3.32. The van der Waals surface area contributed by atoms with Gasteiger partial charge in [0, 0.05) is 24.9 Å². The van der Waals surface area contributed by atoms with Gasteiger partial charge in [0.25, 0.3) is 0 Å². The van der Waals surface area contributed by atoms with Gasteiger partial charge in [-0.15, -0.1) is 0 Å². The summed E-state index contributed by atoms with van der Waals surface area (Å²) in [7, 11) is 0. The first kappa shape index (κ1) is 20.1. The van der Waals surface area contributed by atoms with Crippen LogP contribution in [0, 0.1) is 6.92 Å². The van der Waals surface area contributed by atoms with E-state index in [1.54, 1.807) is 30.3 Å². The van der Waals surface area contributed by atoms with Crippen molar-refractivity contribution in [1.29, 1.82) is 0 Å². The van der Waals surface area contributed by atoms with Gasteiger partial charge in [0.05, 0.1) is 29.3 Å². The molecule has 4 rings (SSSR count). The number of hydrogen-bond donors (Lipinski definition) is 1. The number of hydrogen-bond acceptors (Lipinski definition) is 6. The maximum atomic E-state index is 13.1. The summed E-state index contributed by atoms with van der Waals surface area (Å²) >= 11 is 0. The fourth-order valence-electron chi connectivity index (χ4n) is 3.32. The van der Waals surface area contributed by atoms with E-state index in [2.05, 4.69) is 32.0 Å². The van der Waals surface area contributed by atoms with Gasteiger partial charge in [-0.05, 0) is 43.5 Å². The molecule has 0 unspecified atom stereocenters. The molecule has 9 nitrogen and oxygen atoms in total. The van der Waals surface area contributed by atoms with Crippen LogP contribution in [0.1, 0.15) is 17.0 Å². The highest BCUT2D eigenvalue weighted by Gasteiger charge is 2.13. The van der Waals surface area contributed by atoms with E-state index in [1.165, 1.54) is 4.68 Å². The first-order valence-electron chi connectivity index (χ1n) is 9.75. The van der Waals surface area contributed by atoms with Crippen molar-refractivity contribution in [3.05, 3.63) is 82.4 Å². The van der Waals surface area contributed by atoms with Crippen molar-refractivity contribution >= 4 is 29.5 Å². The van der Waals surface area contributed by atoms with Crippen molar-refractivity contribution in [2.24, 2.45) is 4.99 Å². The molecule has 4 aromatic rings. The highest BCUT2D eigenvalue weighted by molar-refractivity contribution is 5.84. The highest BCUT2D eigenvalue weighted by Crippen LogP contribution is 2.16. The minimum Gasteiger partial charge on any atom is -0.365 e. The normalized spacial score (nSPS) is 10.9. The Morgan fingerprint density at radius 1 is 1.19 bits per heavy atom. The van der Waals surface area contributed by atoms with Crippen LogP contribution in [0.2, 0.25) is 0 Å².